The molecule has 204 valence electrons. The Morgan fingerprint density at radius 1 is 1.19 bits per heavy atom. The fraction of sp³-hybridized carbons (Fsp3) is 0.577. The Hall–Kier alpha value is -3.47. The van der Waals surface area contributed by atoms with Gasteiger partial charge in [-0.2, -0.15) is 4.68 Å². The van der Waals surface area contributed by atoms with Crippen LogP contribution in [0.4, 0.5) is 4.79 Å². The van der Waals surface area contributed by atoms with Crippen LogP contribution in [-0.4, -0.2) is 53.9 Å². The summed E-state index contributed by atoms with van der Waals surface area (Å²) in [6.07, 6.45) is 2.69. The number of alkyl carbamates (subject to hydrolysis) is 1. The number of nitrogens with one attached hydrogen (secondary N) is 2. The summed E-state index contributed by atoms with van der Waals surface area (Å²) in [6.45, 7) is 6.89. The second-order valence-corrected chi connectivity index (χ2v) is 9.28. The van der Waals surface area contributed by atoms with Crippen LogP contribution < -0.4 is 16.4 Å². The van der Waals surface area contributed by atoms with Crippen molar-refractivity contribution in [3.8, 4) is 0 Å². The molecule has 1 aromatic carbocycles. The van der Waals surface area contributed by atoms with Crippen molar-refractivity contribution >= 4 is 17.8 Å². The van der Waals surface area contributed by atoms with Crippen LogP contribution in [0.3, 0.4) is 0 Å². The number of carbonyl (C=O) groups excluding carboxylic acids is 3. The van der Waals surface area contributed by atoms with Gasteiger partial charge in [-0.15, -0.1) is 5.10 Å². The van der Waals surface area contributed by atoms with Crippen molar-refractivity contribution in [3.63, 3.8) is 0 Å². The normalized spacial score (nSPS) is 13.3. The van der Waals surface area contributed by atoms with Gasteiger partial charge >= 0.3 is 11.8 Å². The molecule has 2 N–H and O–H groups in total. The molecule has 11 heteroatoms. The van der Waals surface area contributed by atoms with Gasteiger partial charge in [-0.3, -0.25) is 9.59 Å². The van der Waals surface area contributed by atoms with E-state index in [1.165, 1.54) is 13.5 Å². The van der Waals surface area contributed by atoms with Crippen LogP contribution in [0, 0.1) is 11.8 Å². The summed E-state index contributed by atoms with van der Waals surface area (Å²) in [5, 5.41) is 8.80. The number of methoxy groups -OCH3 is 1. The summed E-state index contributed by atoms with van der Waals surface area (Å²) >= 11 is 0. The van der Waals surface area contributed by atoms with E-state index < -0.39 is 36.1 Å². The molecular weight excluding hydrogens is 480 g/mol. The van der Waals surface area contributed by atoms with E-state index in [4.69, 9.17) is 13.9 Å². The van der Waals surface area contributed by atoms with Gasteiger partial charge in [-0.1, -0.05) is 57.5 Å². The van der Waals surface area contributed by atoms with Crippen molar-refractivity contribution in [2.45, 2.75) is 65.6 Å². The van der Waals surface area contributed by atoms with Crippen LogP contribution in [0.2, 0.25) is 0 Å². The molecule has 1 aliphatic carbocycles. The van der Waals surface area contributed by atoms with Crippen molar-refractivity contribution in [3.05, 3.63) is 52.3 Å². The Labute approximate surface area is 216 Å². The van der Waals surface area contributed by atoms with Gasteiger partial charge in [0.15, 0.2) is 0 Å². The van der Waals surface area contributed by atoms with E-state index in [0.717, 1.165) is 29.0 Å². The number of nitrogens with zero attached hydrogens (tertiary/aromatic N) is 2. The molecule has 0 saturated heterocycles. The van der Waals surface area contributed by atoms with Gasteiger partial charge < -0.3 is 24.5 Å². The highest BCUT2D eigenvalue weighted by Crippen LogP contribution is 2.29. The van der Waals surface area contributed by atoms with Crippen molar-refractivity contribution < 1.29 is 28.3 Å². The lowest BCUT2D eigenvalue weighted by atomic mass is 10.1. The largest absolute Gasteiger partial charge is 0.445 e. The highest BCUT2D eigenvalue weighted by Gasteiger charge is 2.29. The molecule has 1 fully saturated rings. The third-order valence-corrected chi connectivity index (χ3v) is 5.63. The van der Waals surface area contributed by atoms with E-state index in [2.05, 4.69) is 36.5 Å². The number of carbonyl (C=O) groups is 3. The number of ketones is 1. The lowest BCUT2D eigenvalue weighted by molar-refractivity contribution is -0.120. The maximum absolute atomic E-state index is 12.8. The van der Waals surface area contributed by atoms with Crippen LogP contribution in [-0.2, 0) is 27.4 Å². The molecule has 37 heavy (non-hydrogen) atoms. The zero-order chi connectivity index (χ0) is 27.2. The van der Waals surface area contributed by atoms with E-state index in [1.807, 2.05) is 18.2 Å². The molecule has 2 aromatic rings. The summed E-state index contributed by atoms with van der Waals surface area (Å²) in [7, 11) is 1.46. The van der Waals surface area contributed by atoms with Gasteiger partial charge in [0.25, 0.3) is 5.89 Å². The fourth-order valence-electron chi connectivity index (χ4n) is 2.89. The highest BCUT2D eigenvalue weighted by atomic mass is 16.5. The number of hydrogen-bond donors (Lipinski definition) is 2. The SMILES string of the molecule is CCC(C)C.COCC[C@H](NC(=O)CNC(=O)OCc1ccccc1)C(=O)c1nn(CC2CC2)c(=O)o1. The Morgan fingerprint density at radius 3 is 2.46 bits per heavy atom. The van der Waals surface area contributed by atoms with E-state index >= 15 is 0 Å². The van der Waals surface area contributed by atoms with Gasteiger partial charge in [0.1, 0.15) is 13.2 Å². The Kier molecular flexibility index (Phi) is 12.5. The summed E-state index contributed by atoms with van der Waals surface area (Å²) in [6, 6.07) is 8.05. The monoisotopic (exact) mass is 518 g/mol. The summed E-state index contributed by atoms with van der Waals surface area (Å²) in [5.41, 5.74) is 0.806. The summed E-state index contributed by atoms with van der Waals surface area (Å²) in [5.74, 6) is -1.08. The van der Waals surface area contributed by atoms with Crippen LogP contribution in [0.5, 0.6) is 0 Å². The first kappa shape index (κ1) is 29.8. The number of amides is 2. The smallest absolute Gasteiger partial charge is 0.437 e. The number of aromatic nitrogens is 2. The molecule has 1 atom stereocenters. The minimum Gasteiger partial charge on any atom is -0.445 e. The molecule has 0 unspecified atom stereocenters. The summed E-state index contributed by atoms with van der Waals surface area (Å²) < 4.78 is 16.1. The molecule has 1 aromatic heterocycles. The van der Waals surface area contributed by atoms with Crippen LogP contribution in [0.15, 0.2) is 39.5 Å². The van der Waals surface area contributed by atoms with E-state index in [9.17, 15) is 19.2 Å². The lowest BCUT2D eigenvalue weighted by Crippen LogP contribution is -2.46. The van der Waals surface area contributed by atoms with Gasteiger partial charge in [-0.25, -0.2) is 9.59 Å². The third-order valence-electron chi connectivity index (χ3n) is 5.63. The first-order valence-corrected chi connectivity index (χ1v) is 12.6. The number of rotatable bonds is 13. The molecule has 0 bridgehead atoms. The first-order valence-electron chi connectivity index (χ1n) is 12.6. The number of ether oxygens (including phenoxy) is 2. The maximum atomic E-state index is 12.8. The molecule has 2 amide bonds. The Bertz CT molecular complexity index is 1040. The highest BCUT2D eigenvalue weighted by molar-refractivity contribution is 5.98. The predicted octanol–water partition coefficient (Wildman–Crippen LogP) is 2.93. The zero-order valence-electron chi connectivity index (χ0n) is 22.0. The first-order chi connectivity index (χ1) is 17.7. The number of hydrogen-bond acceptors (Lipinski definition) is 8. The van der Waals surface area contributed by atoms with E-state index in [1.54, 1.807) is 12.1 Å². The number of benzene rings is 1. The quantitative estimate of drug-likeness (QED) is 0.386. The Balaban J connectivity index is 0.000000877. The number of Topliss-reactive ketones (excluding diaryl/α,β-unsaturated/α-hetero) is 1. The third kappa shape index (κ3) is 11.4. The second-order valence-electron chi connectivity index (χ2n) is 9.28. The lowest BCUT2D eigenvalue weighted by Gasteiger charge is -2.16. The predicted molar refractivity (Wildman–Crippen MR) is 136 cm³/mol. The topological polar surface area (TPSA) is 142 Å². The molecule has 1 saturated carbocycles. The van der Waals surface area contributed by atoms with Crippen LogP contribution in [0.25, 0.3) is 0 Å². The molecular formula is C26H38N4O7. The van der Waals surface area contributed by atoms with Crippen molar-refractivity contribution in [1.29, 1.82) is 0 Å². The molecule has 0 radical (unpaired) electrons. The summed E-state index contributed by atoms with van der Waals surface area (Å²) in [4.78, 5) is 48.7. The minimum absolute atomic E-state index is 0.0613. The molecule has 11 nitrogen and oxygen atoms in total. The zero-order valence-corrected chi connectivity index (χ0v) is 22.0. The Morgan fingerprint density at radius 2 is 1.86 bits per heavy atom. The van der Waals surface area contributed by atoms with Crippen LogP contribution in [0.1, 0.15) is 62.7 Å². The molecule has 1 heterocycles. The van der Waals surface area contributed by atoms with Gasteiger partial charge in [0, 0.05) is 13.7 Å². The van der Waals surface area contributed by atoms with Gasteiger partial charge in [0.2, 0.25) is 11.7 Å². The fourth-order valence-corrected chi connectivity index (χ4v) is 2.89. The van der Waals surface area contributed by atoms with E-state index in [-0.39, 0.29) is 25.5 Å². The average Bonchev–Trinajstić information content (AvgIpc) is 3.64. The average molecular weight is 519 g/mol. The second kappa shape index (κ2) is 15.6. The van der Waals surface area contributed by atoms with Gasteiger partial charge in [0.05, 0.1) is 12.6 Å². The van der Waals surface area contributed by atoms with Crippen molar-refractivity contribution in [2.24, 2.45) is 11.8 Å². The standard InChI is InChI=1S/C21H26N4O7.C5H12/c1-30-10-9-16(18(27)19-24-25(21(29)32-19)12-14-7-8-14)23-17(26)11-22-20(28)31-13-15-5-3-2-4-6-15;1-4-5(2)3/h2-6,14,16H,7-13H2,1H3,(H,22,28)(H,23,26);5H,4H2,1-3H3/t16-;/m0./s1. The van der Waals surface area contributed by atoms with Crippen LogP contribution >= 0.6 is 0 Å². The molecule has 0 spiro atoms. The molecule has 1 aliphatic rings. The minimum atomic E-state index is -1.03. The van der Waals surface area contributed by atoms with Gasteiger partial charge in [-0.05, 0) is 36.7 Å². The van der Waals surface area contributed by atoms with E-state index in [0.29, 0.717) is 12.5 Å². The van der Waals surface area contributed by atoms with Crippen molar-refractivity contribution in [2.75, 3.05) is 20.3 Å². The molecule has 3 rings (SSSR count). The van der Waals surface area contributed by atoms with Crippen molar-refractivity contribution in [1.82, 2.24) is 20.4 Å². The molecule has 0 aliphatic heterocycles. The maximum Gasteiger partial charge on any atom is 0.437 e.